The van der Waals surface area contributed by atoms with Crippen molar-refractivity contribution in [3.8, 4) is 0 Å². The Morgan fingerprint density at radius 1 is 1.04 bits per heavy atom. The van der Waals surface area contributed by atoms with E-state index in [0.717, 1.165) is 37.8 Å². The van der Waals surface area contributed by atoms with Gasteiger partial charge in [-0.1, -0.05) is 47.2 Å². The van der Waals surface area contributed by atoms with Gasteiger partial charge in [-0.2, -0.15) is 0 Å². The number of halogens is 2. The Balaban J connectivity index is 1.44. The van der Waals surface area contributed by atoms with Crippen molar-refractivity contribution < 1.29 is 0 Å². The van der Waals surface area contributed by atoms with Gasteiger partial charge in [-0.15, -0.1) is 0 Å². The predicted molar refractivity (Wildman–Crippen MR) is 105 cm³/mol. The van der Waals surface area contributed by atoms with Gasteiger partial charge in [0.1, 0.15) is 0 Å². The number of benzene rings is 1. The number of hydrogen-bond acceptors (Lipinski definition) is 3. The molecule has 0 unspecified atom stereocenters. The monoisotopic (exact) mass is 381 g/mol. The Bertz CT molecular complexity index is 616. The molecule has 1 aromatic rings. The second-order valence-corrected chi connectivity index (χ2v) is 7.95. The van der Waals surface area contributed by atoms with Crippen molar-refractivity contribution in [2.45, 2.75) is 25.7 Å². The van der Waals surface area contributed by atoms with Crippen LogP contribution in [0.1, 0.15) is 25.7 Å². The van der Waals surface area contributed by atoms with Crippen LogP contribution in [0.4, 0.5) is 5.69 Å². The average Bonchev–Trinajstić information content (AvgIpc) is 2.64. The topological polar surface area (TPSA) is 55.2 Å². The molecule has 1 aliphatic carbocycles. The zero-order valence-corrected chi connectivity index (χ0v) is 16.0. The Morgan fingerprint density at radius 3 is 2.40 bits per heavy atom. The van der Waals surface area contributed by atoms with E-state index in [2.05, 4.69) is 25.9 Å². The molecule has 7 heteroatoms. The molecule has 3 rings (SSSR count). The minimum Gasteiger partial charge on any atom is -0.368 e. The summed E-state index contributed by atoms with van der Waals surface area (Å²) in [6, 6.07) is 5.85. The van der Waals surface area contributed by atoms with Crippen molar-refractivity contribution in [3.63, 3.8) is 0 Å². The number of anilines is 1. The van der Waals surface area contributed by atoms with Gasteiger partial charge in [0.2, 0.25) is 0 Å². The number of rotatable bonds is 5. The molecule has 1 aliphatic heterocycles. The molecule has 0 N–H and O–H groups in total. The highest BCUT2D eigenvalue weighted by molar-refractivity contribution is 6.43. The molecule has 1 saturated heterocycles. The molecule has 5 nitrogen and oxygen atoms in total. The van der Waals surface area contributed by atoms with E-state index < -0.39 is 0 Å². The average molecular weight is 382 g/mol. The van der Waals surface area contributed by atoms with E-state index in [1.807, 2.05) is 12.1 Å². The van der Waals surface area contributed by atoms with E-state index in [-0.39, 0.29) is 0 Å². The van der Waals surface area contributed by atoms with Crippen molar-refractivity contribution in [3.05, 3.63) is 38.7 Å². The van der Waals surface area contributed by atoms with Gasteiger partial charge in [-0.05, 0) is 42.3 Å². The maximum atomic E-state index is 8.43. The fourth-order valence-corrected chi connectivity index (χ4v) is 4.44. The second kappa shape index (κ2) is 9.00. The SMILES string of the molecule is [N-]=[N+]=NCC1CCC(CN2CCN(c3cccc(Cl)c3Cl)CC2)CC1. The standard InChI is InChI=1S/C18H25Cl2N5/c19-16-2-1-3-17(18(16)20)25-10-8-24(9-11-25)13-15-6-4-14(5-7-15)12-22-23-21/h1-3,14-15H,4-13H2. The highest BCUT2D eigenvalue weighted by Crippen LogP contribution is 2.33. The van der Waals surface area contributed by atoms with Gasteiger partial charge in [-0.3, -0.25) is 4.90 Å². The van der Waals surface area contributed by atoms with Gasteiger partial charge in [0, 0.05) is 44.2 Å². The quantitative estimate of drug-likeness (QED) is 0.398. The molecule has 1 heterocycles. The minimum atomic E-state index is 0.592. The smallest absolute Gasteiger partial charge is 0.0825 e. The zero-order valence-electron chi connectivity index (χ0n) is 14.4. The molecule has 0 bridgehead atoms. The Hall–Kier alpha value is -1.13. The van der Waals surface area contributed by atoms with E-state index >= 15 is 0 Å². The van der Waals surface area contributed by atoms with Crippen molar-refractivity contribution in [1.29, 1.82) is 0 Å². The molecule has 0 spiro atoms. The van der Waals surface area contributed by atoms with Crippen molar-refractivity contribution >= 4 is 28.9 Å². The van der Waals surface area contributed by atoms with E-state index in [9.17, 15) is 0 Å². The summed E-state index contributed by atoms with van der Waals surface area (Å²) in [7, 11) is 0. The van der Waals surface area contributed by atoms with E-state index in [4.69, 9.17) is 28.7 Å². The van der Waals surface area contributed by atoms with Crippen LogP contribution in [0.15, 0.2) is 23.3 Å². The molecule has 25 heavy (non-hydrogen) atoms. The van der Waals surface area contributed by atoms with Gasteiger partial charge >= 0.3 is 0 Å². The fourth-order valence-electron chi connectivity index (χ4n) is 4.02. The Kier molecular flexibility index (Phi) is 6.71. The maximum Gasteiger partial charge on any atom is 0.0825 e. The molecular formula is C18H25Cl2N5. The molecule has 2 aliphatic rings. The number of hydrogen-bond donors (Lipinski definition) is 0. The summed E-state index contributed by atoms with van der Waals surface area (Å²) in [5.41, 5.74) is 9.48. The molecule has 1 aromatic carbocycles. The molecule has 2 fully saturated rings. The van der Waals surface area contributed by atoms with Crippen LogP contribution < -0.4 is 4.90 Å². The van der Waals surface area contributed by atoms with E-state index in [1.54, 1.807) is 0 Å². The van der Waals surface area contributed by atoms with E-state index in [1.165, 1.54) is 32.2 Å². The second-order valence-electron chi connectivity index (χ2n) is 7.16. The van der Waals surface area contributed by atoms with E-state index in [0.29, 0.717) is 22.5 Å². The molecule has 0 radical (unpaired) electrons. The van der Waals surface area contributed by atoms with Gasteiger partial charge in [0.25, 0.3) is 0 Å². The third-order valence-corrected chi connectivity index (χ3v) is 6.34. The first kappa shape index (κ1) is 18.7. The van der Waals surface area contributed by atoms with Crippen LogP contribution in [0.25, 0.3) is 10.4 Å². The summed E-state index contributed by atoms with van der Waals surface area (Å²) in [4.78, 5) is 7.79. The number of nitrogens with zero attached hydrogens (tertiary/aromatic N) is 5. The summed E-state index contributed by atoms with van der Waals surface area (Å²) >= 11 is 12.5. The summed E-state index contributed by atoms with van der Waals surface area (Å²) < 4.78 is 0. The fraction of sp³-hybridized carbons (Fsp3) is 0.667. The molecule has 0 aromatic heterocycles. The summed E-state index contributed by atoms with van der Waals surface area (Å²) in [5.74, 6) is 1.37. The number of azide groups is 1. The third kappa shape index (κ3) is 4.95. The third-order valence-electron chi connectivity index (χ3n) is 5.53. The van der Waals surface area contributed by atoms with Crippen LogP contribution in [-0.2, 0) is 0 Å². The summed E-state index contributed by atoms with van der Waals surface area (Å²) in [6.07, 6.45) is 4.90. The molecule has 136 valence electrons. The lowest BCUT2D eigenvalue weighted by Crippen LogP contribution is -2.48. The van der Waals surface area contributed by atoms with Gasteiger partial charge in [0.05, 0.1) is 15.7 Å². The van der Waals surface area contributed by atoms with Crippen LogP contribution in [0.5, 0.6) is 0 Å². The lowest BCUT2D eigenvalue weighted by molar-refractivity contribution is 0.175. The largest absolute Gasteiger partial charge is 0.368 e. The van der Waals surface area contributed by atoms with Crippen molar-refractivity contribution in [2.24, 2.45) is 17.0 Å². The highest BCUT2D eigenvalue weighted by atomic mass is 35.5. The Labute approximate surface area is 159 Å². The first-order valence-electron chi connectivity index (χ1n) is 9.09. The van der Waals surface area contributed by atoms with Crippen LogP contribution >= 0.6 is 23.2 Å². The van der Waals surface area contributed by atoms with Gasteiger partial charge in [0.15, 0.2) is 0 Å². The van der Waals surface area contributed by atoms with Crippen LogP contribution in [-0.4, -0.2) is 44.2 Å². The van der Waals surface area contributed by atoms with Crippen LogP contribution in [0.2, 0.25) is 10.0 Å². The maximum absolute atomic E-state index is 8.43. The lowest BCUT2D eigenvalue weighted by Gasteiger charge is -2.39. The molecule has 0 atom stereocenters. The van der Waals surface area contributed by atoms with Gasteiger partial charge in [-0.25, -0.2) is 0 Å². The van der Waals surface area contributed by atoms with Crippen molar-refractivity contribution in [2.75, 3.05) is 44.2 Å². The molecule has 1 saturated carbocycles. The van der Waals surface area contributed by atoms with Crippen LogP contribution in [0, 0.1) is 11.8 Å². The normalized spacial score (nSPS) is 24.8. The van der Waals surface area contributed by atoms with Crippen molar-refractivity contribution in [1.82, 2.24) is 4.90 Å². The molecule has 0 amide bonds. The Morgan fingerprint density at radius 2 is 1.72 bits per heavy atom. The van der Waals surface area contributed by atoms with Crippen LogP contribution in [0.3, 0.4) is 0 Å². The number of piperazine rings is 1. The predicted octanol–water partition coefficient (Wildman–Crippen LogP) is 5.23. The minimum absolute atomic E-state index is 0.592. The van der Waals surface area contributed by atoms with Gasteiger partial charge < -0.3 is 4.90 Å². The first-order chi connectivity index (χ1) is 12.2. The summed E-state index contributed by atoms with van der Waals surface area (Å²) in [5, 5.41) is 5.02. The first-order valence-corrected chi connectivity index (χ1v) is 9.85. The zero-order chi connectivity index (χ0) is 17.6. The molecular weight excluding hydrogens is 357 g/mol. The highest BCUT2D eigenvalue weighted by Gasteiger charge is 2.25. The summed E-state index contributed by atoms with van der Waals surface area (Å²) in [6.45, 7) is 5.98. The lowest BCUT2D eigenvalue weighted by atomic mass is 9.82.